The molecule has 0 rings (SSSR count). The Morgan fingerprint density at radius 3 is 1.00 bits per heavy atom. The summed E-state index contributed by atoms with van der Waals surface area (Å²) in [4.78, 5) is 17.9. The van der Waals surface area contributed by atoms with Gasteiger partial charge in [0.2, 0.25) is 0 Å². The standard InChI is InChI=1S/C2H2O4.2H2N.Pt/c3-1(4)2(5)6;;;/h(H,3,4)(H,5,6);2*1H2;/q;2*-1;+4/p-2. The van der Waals surface area contributed by atoms with Crippen LogP contribution in [0.4, 0.5) is 0 Å². The molecule has 0 aliphatic carbocycles. The molecule has 0 radical (unpaired) electrons. The van der Waals surface area contributed by atoms with E-state index in [2.05, 4.69) is 0 Å². The molecule has 0 bridgehead atoms. The van der Waals surface area contributed by atoms with Crippen LogP contribution in [0.5, 0.6) is 0 Å². The van der Waals surface area contributed by atoms with Crippen LogP contribution in [0.25, 0.3) is 12.3 Å². The van der Waals surface area contributed by atoms with Gasteiger partial charge in [-0.15, -0.1) is 0 Å². The van der Waals surface area contributed by atoms with Crippen molar-refractivity contribution in [3.05, 3.63) is 12.3 Å². The number of carbonyl (C=O) groups is 2. The fraction of sp³-hybridized carbons (Fsp3) is 0. The van der Waals surface area contributed by atoms with E-state index in [1.165, 1.54) is 0 Å². The zero-order valence-electron chi connectivity index (χ0n) is 4.10. The summed E-state index contributed by atoms with van der Waals surface area (Å²) in [6, 6.07) is 0. The van der Waals surface area contributed by atoms with Gasteiger partial charge in [0.05, 0.1) is 11.9 Å². The second-order valence-electron chi connectivity index (χ2n) is 0.575. The molecule has 0 heterocycles. The molecule has 0 aromatic rings. The van der Waals surface area contributed by atoms with Gasteiger partial charge in [-0.3, -0.25) is 0 Å². The van der Waals surface area contributed by atoms with Gasteiger partial charge in [-0.2, -0.15) is 0 Å². The fourth-order valence-corrected chi connectivity index (χ4v) is 0. The summed E-state index contributed by atoms with van der Waals surface area (Å²) in [5.41, 5.74) is 0. The molecule has 9 heavy (non-hydrogen) atoms. The van der Waals surface area contributed by atoms with E-state index in [9.17, 15) is 0 Å². The number of nitrogens with two attached hydrogens (primary N) is 2. The van der Waals surface area contributed by atoms with E-state index in [1.54, 1.807) is 0 Å². The van der Waals surface area contributed by atoms with Gasteiger partial charge < -0.3 is 32.1 Å². The smallest absolute Gasteiger partial charge is 0.693 e. The number of aliphatic carboxylic acids is 2. The van der Waals surface area contributed by atoms with Crippen LogP contribution in [0, 0.1) is 0 Å². The molecule has 4 N–H and O–H groups in total. The zero-order chi connectivity index (χ0) is 5.15. The zero-order valence-corrected chi connectivity index (χ0v) is 6.38. The summed E-state index contributed by atoms with van der Waals surface area (Å²) >= 11 is 0. The fourth-order valence-electron chi connectivity index (χ4n) is 0. The summed E-state index contributed by atoms with van der Waals surface area (Å²) in [6.07, 6.45) is 0. The molecule has 0 saturated carbocycles. The summed E-state index contributed by atoms with van der Waals surface area (Å²) < 4.78 is 0. The molecule has 0 aliphatic heterocycles. The summed E-state index contributed by atoms with van der Waals surface area (Å²) in [6.45, 7) is 0. The van der Waals surface area contributed by atoms with E-state index >= 15 is 0 Å². The van der Waals surface area contributed by atoms with Crippen LogP contribution < -0.4 is 10.2 Å². The van der Waals surface area contributed by atoms with Gasteiger partial charge in [0.15, 0.2) is 0 Å². The molecule has 0 aromatic heterocycles. The third-order valence-electron chi connectivity index (χ3n) is 0.167. The Hall–Kier alpha value is -0.452. The normalized spacial score (nSPS) is 4.89. The number of carbonyl (C=O) groups excluding carboxylic acids is 2. The second-order valence-corrected chi connectivity index (χ2v) is 0.575. The maximum Gasteiger partial charge on any atom is 4.00 e. The first kappa shape index (κ1) is 23.5. The maximum absolute atomic E-state index is 8.93. The van der Waals surface area contributed by atoms with E-state index < -0.39 is 11.9 Å². The average molecular weight is 315 g/mol. The molecule has 0 aliphatic rings. The molecule has 0 aromatic carbocycles. The predicted octanol–water partition coefficient (Wildman–Crippen LogP) is -2.08. The molecule has 0 atom stereocenters. The molecule has 0 saturated heterocycles. The van der Waals surface area contributed by atoms with Crippen LogP contribution in [0.2, 0.25) is 0 Å². The molecule has 0 spiro atoms. The van der Waals surface area contributed by atoms with E-state index in [4.69, 9.17) is 19.8 Å². The quantitative estimate of drug-likeness (QED) is 0.472. The van der Waals surface area contributed by atoms with Crippen molar-refractivity contribution in [2.45, 2.75) is 0 Å². The van der Waals surface area contributed by atoms with Gasteiger partial charge in [0.1, 0.15) is 0 Å². The molecular weight excluding hydrogens is 311 g/mol. The Kier molecular flexibility index (Phi) is 27.5. The van der Waals surface area contributed by atoms with Crippen molar-refractivity contribution in [2.24, 2.45) is 0 Å². The summed E-state index contributed by atoms with van der Waals surface area (Å²) in [5, 5.41) is 17.9. The Labute approximate surface area is 65.7 Å². The summed E-state index contributed by atoms with van der Waals surface area (Å²) in [5.74, 6) is -4.37. The van der Waals surface area contributed by atoms with Crippen molar-refractivity contribution in [1.29, 1.82) is 0 Å². The number of carboxylic acid groups (broad SMARTS) is 2. The first-order chi connectivity index (χ1) is 2.64. The van der Waals surface area contributed by atoms with Gasteiger partial charge in [0.25, 0.3) is 0 Å². The SMILES string of the molecule is O=C([O-])C(=O)[O-].[NH2-].[NH2-].[Pt+4]. The molecule has 0 fully saturated rings. The second kappa shape index (κ2) is 10.5. The van der Waals surface area contributed by atoms with Gasteiger partial charge in [-0.05, 0) is 0 Å². The van der Waals surface area contributed by atoms with E-state index in [1.807, 2.05) is 0 Å². The van der Waals surface area contributed by atoms with E-state index in [0.717, 1.165) is 0 Å². The van der Waals surface area contributed by atoms with Crippen LogP contribution >= 0.6 is 0 Å². The summed E-state index contributed by atoms with van der Waals surface area (Å²) in [7, 11) is 0. The first-order valence-corrected chi connectivity index (χ1v) is 1.07. The van der Waals surface area contributed by atoms with Crippen molar-refractivity contribution in [2.75, 3.05) is 0 Å². The van der Waals surface area contributed by atoms with E-state index in [-0.39, 0.29) is 33.4 Å². The number of hydrogen-bond donors (Lipinski definition) is 0. The molecule has 56 valence electrons. The Morgan fingerprint density at radius 1 is 0.889 bits per heavy atom. The monoisotopic (exact) mass is 315 g/mol. The van der Waals surface area contributed by atoms with Gasteiger partial charge in [-0.1, -0.05) is 0 Å². The van der Waals surface area contributed by atoms with Crippen molar-refractivity contribution < 1.29 is 40.9 Å². The van der Waals surface area contributed by atoms with Crippen molar-refractivity contribution >= 4 is 11.9 Å². The Bertz CT molecular complexity index is 82.6. The van der Waals surface area contributed by atoms with E-state index in [0.29, 0.717) is 0 Å². The number of rotatable bonds is 0. The minimum absolute atomic E-state index is 0. The first-order valence-electron chi connectivity index (χ1n) is 1.07. The van der Waals surface area contributed by atoms with Crippen LogP contribution in [0.15, 0.2) is 0 Å². The molecular formula is C2H4N2O4Pt. The maximum atomic E-state index is 8.93. The van der Waals surface area contributed by atoms with Gasteiger partial charge in [-0.25, -0.2) is 0 Å². The van der Waals surface area contributed by atoms with Crippen molar-refractivity contribution in [3.8, 4) is 0 Å². The van der Waals surface area contributed by atoms with Crippen LogP contribution in [0.3, 0.4) is 0 Å². The minimum atomic E-state index is -2.19. The third kappa shape index (κ3) is 18.5. The molecule has 0 amide bonds. The third-order valence-corrected chi connectivity index (χ3v) is 0.167. The van der Waals surface area contributed by atoms with Crippen molar-refractivity contribution in [1.82, 2.24) is 0 Å². The topological polar surface area (TPSA) is 147 Å². The van der Waals surface area contributed by atoms with Gasteiger partial charge >= 0.3 is 21.1 Å². The molecule has 7 heteroatoms. The largest absolute Gasteiger partial charge is 4.00 e. The van der Waals surface area contributed by atoms with Crippen LogP contribution in [-0.4, -0.2) is 11.9 Å². The average Bonchev–Trinajstić information content (AvgIpc) is 1.36. The number of carboxylic acids is 2. The molecule has 0 unspecified atom stereocenters. The predicted molar refractivity (Wildman–Crippen MR) is 20.6 cm³/mol. The Morgan fingerprint density at radius 2 is 1.00 bits per heavy atom. The molecule has 6 nitrogen and oxygen atoms in total. The van der Waals surface area contributed by atoms with Gasteiger partial charge in [0, 0.05) is 0 Å². The minimum Gasteiger partial charge on any atom is -0.693 e. The van der Waals surface area contributed by atoms with Crippen LogP contribution in [0.1, 0.15) is 0 Å². The van der Waals surface area contributed by atoms with Crippen LogP contribution in [-0.2, 0) is 30.7 Å². The van der Waals surface area contributed by atoms with Crippen molar-refractivity contribution in [3.63, 3.8) is 0 Å². The number of hydrogen-bond acceptors (Lipinski definition) is 4. The Balaban J connectivity index is -0.0000000417.